The Morgan fingerprint density at radius 3 is 2.57 bits per heavy atom. The molecular weight excluding hydrogens is 270 g/mol. The molecule has 0 unspecified atom stereocenters. The molecule has 0 saturated heterocycles. The molecule has 0 aliphatic carbocycles. The van der Waals surface area contributed by atoms with Crippen LogP contribution in [0.1, 0.15) is 15.9 Å². The number of nitriles is 1. The van der Waals surface area contributed by atoms with Gasteiger partial charge in [0.1, 0.15) is 5.75 Å². The van der Waals surface area contributed by atoms with Crippen LogP contribution in [0.25, 0.3) is 0 Å². The van der Waals surface area contributed by atoms with Gasteiger partial charge in [0.2, 0.25) is 0 Å². The van der Waals surface area contributed by atoms with E-state index >= 15 is 0 Å². The molecule has 2 aromatic carbocycles. The number of hydrogen-bond donors (Lipinski definition) is 3. The molecule has 4 N–H and O–H groups in total. The van der Waals surface area contributed by atoms with Crippen LogP contribution in [0.3, 0.4) is 0 Å². The topological polar surface area (TPSA) is 108 Å². The molecule has 0 radical (unpaired) electrons. The Morgan fingerprint density at radius 2 is 2.00 bits per heavy atom. The highest BCUT2D eigenvalue weighted by Crippen LogP contribution is 2.31. The van der Waals surface area contributed by atoms with Crippen LogP contribution < -0.4 is 15.8 Å². The van der Waals surface area contributed by atoms with E-state index in [0.717, 1.165) is 0 Å². The fraction of sp³-hybridized carbons (Fsp3) is 0.0667. The van der Waals surface area contributed by atoms with Crippen molar-refractivity contribution in [3.05, 3.63) is 47.5 Å². The van der Waals surface area contributed by atoms with Crippen molar-refractivity contribution in [1.82, 2.24) is 0 Å². The molecule has 6 heteroatoms. The Hall–Kier alpha value is -3.20. The van der Waals surface area contributed by atoms with Crippen LogP contribution in [0.15, 0.2) is 36.4 Å². The number of carbonyl (C=O) groups is 1. The first-order chi connectivity index (χ1) is 10.0. The minimum atomic E-state index is -1.04. The number of carboxylic acid groups (broad SMARTS) is 1. The molecule has 6 nitrogen and oxygen atoms in total. The average molecular weight is 283 g/mol. The van der Waals surface area contributed by atoms with Crippen LogP contribution in [0.4, 0.5) is 17.1 Å². The van der Waals surface area contributed by atoms with Gasteiger partial charge in [0.05, 0.1) is 41.4 Å². The fourth-order valence-corrected chi connectivity index (χ4v) is 1.82. The standard InChI is InChI=1S/C15H13N3O3/c1-21-14-6-9(8-16)2-4-13(14)18-12-5-3-10(15(19)20)7-11(12)17/h2-7,18H,17H2,1H3,(H,19,20). The lowest BCUT2D eigenvalue weighted by Gasteiger charge is -2.13. The van der Waals surface area contributed by atoms with Crippen LogP contribution in [0.5, 0.6) is 5.75 Å². The minimum absolute atomic E-state index is 0.116. The Kier molecular flexibility index (Phi) is 3.95. The summed E-state index contributed by atoms with van der Waals surface area (Å²) in [5.74, 6) is -0.542. The number of nitrogens with two attached hydrogens (primary N) is 1. The van der Waals surface area contributed by atoms with Gasteiger partial charge in [-0.25, -0.2) is 4.79 Å². The molecule has 0 aliphatic heterocycles. The van der Waals surface area contributed by atoms with Crippen molar-refractivity contribution in [1.29, 1.82) is 5.26 Å². The number of anilines is 3. The maximum absolute atomic E-state index is 10.9. The number of benzene rings is 2. The summed E-state index contributed by atoms with van der Waals surface area (Å²) >= 11 is 0. The molecule has 0 bridgehead atoms. The molecule has 106 valence electrons. The van der Waals surface area contributed by atoms with Gasteiger partial charge in [0.25, 0.3) is 0 Å². The van der Waals surface area contributed by atoms with Crippen molar-refractivity contribution >= 4 is 23.0 Å². The number of nitrogens with zero attached hydrogens (tertiary/aromatic N) is 1. The smallest absolute Gasteiger partial charge is 0.335 e. The maximum Gasteiger partial charge on any atom is 0.335 e. The highest BCUT2D eigenvalue weighted by Gasteiger charge is 2.09. The van der Waals surface area contributed by atoms with Gasteiger partial charge < -0.3 is 20.9 Å². The molecule has 0 fully saturated rings. The van der Waals surface area contributed by atoms with Gasteiger partial charge in [-0.05, 0) is 30.3 Å². The summed E-state index contributed by atoms with van der Waals surface area (Å²) in [6.45, 7) is 0. The van der Waals surface area contributed by atoms with Crippen LogP contribution in [0.2, 0.25) is 0 Å². The highest BCUT2D eigenvalue weighted by molar-refractivity contribution is 5.91. The molecule has 0 spiro atoms. The van der Waals surface area contributed by atoms with Crippen molar-refractivity contribution < 1.29 is 14.6 Å². The Morgan fingerprint density at radius 1 is 1.29 bits per heavy atom. The number of rotatable bonds is 4. The summed E-state index contributed by atoms with van der Waals surface area (Å²) in [5, 5.41) is 20.8. The van der Waals surface area contributed by atoms with E-state index in [1.54, 1.807) is 24.3 Å². The molecule has 0 aromatic heterocycles. The lowest BCUT2D eigenvalue weighted by molar-refractivity contribution is 0.0697. The van der Waals surface area contributed by atoms with E-state index in [1.807, 2.05) is 6.07 Å². The van der Waals surface area contributed by atoms with Crippen molar-refractivity contribution in [3.63, 3.8) is 0 Å². The van der Waals surface area contributed by atoms with Gasteiger partial charge in [-0.2, -0.15) is 5.26 Å². The Labute approximate surface area is 121 Å². The lowest BCUT2D eigenvalue weighted by atomic mass is 10.1. The highest BCUT2D eigenvalue weighted by atomic mass is 16.5. The lowest BCUT2D eigenvalue weighted by Crippen LogP contribution is -2.02. The zero-order chi connectivity index (χ0) is 15.4. The summed E-state index contributed by atoms with van der Waals surface area (Å²) in [6.07, 6.45) is 0. The van der Waals surface area contributed by atoms with E-state index in [2.05, 4.69) is 5.32 Å². The summed E-state index contributed by atoms with van der Waals surface area (Å²) < 4.78 is 5.21. The maximum atomic E-state index is 10.9. The van der Waals surface area contributed by atoms with E-state index in [1.165, 1.54) is 19.2 Å². The molecule has 0 amide bonds. The number of nitrogens with one attached hydrogen (secondary N) is 1. The number of carboxylic acids is 1. The monoisotopic (exact) mass is 283 g/mol. The molecule has 2 aromatic rings. The van der Waals surface area contributed by atoms with Crippen LogP contribution in [-0.2, 0) is 0 Å². The van der Waals surface area contributed by atoms with E-state index in [4.69, 9.17) is 20.8 Å². The van der Waals surface area contributed by atoms with E-state index in [0.29, 0.717) is 28.4 Å². The largest absolute Gasteiger partial charge is 0.495 e. The first-order valence-corrected chi connectivity index (χ1v) is 6.03. The minimum Gasteiger partial charge on any atom is -0.495 e. The number of methoxy groups -OCH3 is 1. The van der Waals surface area contributed by atoms with Crippen molar-refractivity contribution in [3.8, 4) is 11.8 Å². The van der Waals surface area contributed by atoms with Crippen LogP contribution in [-0.4, -0.2) is 18.2 Å². The van der Waals surface area contributed by atoms with E-state index in [9.17, 15) is 4.79 Å². The van der Waals surface area contributed by atoms with E-state index in [-0.39, 0.29) is 5.56 Å². The first-order valence-electron chi connectivity index (χ1n) is 6.03. The Balaban J connectivity index is 2.34. The number of aromatic carboxylic acids is 1. The fourth-order valence-electron chi connectivity index (χ4n) is 1.82. The normalized spacial score (nSPS) is 9.71. The van der Waals surface area contributed by atoms with Gasteiger partial charge in [0.15, 0.2) is 0 Å². The molecule has 0 atom stereocenters. The molecule has 21 heavy (non-hydrogen) atoms. The Bertz CT molecular complexity index is 735. The average Bonchev–Trinajstić information content (AvgIpc) is 2.49. The summed E-state index contributed by atoms with van der Waals surface area (Å²) in [5.41, 5.74) is 7.93. The molecule has 2 rings (SSSR count). The van der Waals surface area contributed by atoms with Gasteiger partial charge in [-0.3, -0.25) is 0 Å². The third-order valence-corrected chi connectivity index (χ3v) is 2.90. The van der Waals surface area contributed by atoms with Gasteiger partial charge in [0, 0.05) is 6.07 Å². The predicted octanol–water partition coefficient (Wildman–Crippen LogP) is 2.59. The third kappa shape index (κ3) is 3.04. The molecule has 0 heterocycles. The molecular formula is C15H13N3O3. The second-order valence-electron chi connectivity index (χ2n) is 4.26. The summed E-state index contributed by atoms with van der Waals surface area (Å²) in [6, 6.07) is 11.4. The summed E-state index contributed by atoms with van der Waals surface area (Å²) in [7, 11) is 1.50. The predicted molar refractivity (Wildman–Crippen MR) is 78.8 cm³/mol. The zero-order valence-electron chi connectivity index (χ0n) is 11.3. The number of ether oxygens (including phenoxy) is 1. The number of hydrogen-bond acceptors (Lipinski definition) is 5. The van der Waals surface area contributed by atoms with Crippen LogP contribution in [0, 0.1) is 11.3 Å². The SMILES string of the molecule is COc1cc(C#N)ccc1Nc1ccc(C(=O)O)cc1N. The van der Waals surface area contributed by atoms with Crippen molar-refractivity contribution in [2.45, 2.75) is 0 Å². The zero-order valence-corrected chi connectivity index (χ0v) is 11.3. The summed E-state index contributed by atoms with van der Waals surface area (Å²) in [4.78, 5) is 10.9. The van der Waals surface area contributed by atoms with Gasteiger partial charge in [-0.15, -0.1) is 0 Å². The quantitative estimate of drug-likeness (QED) is 0.744. The van der Waals surface area contributed by atoms with E-state index < -0.39 is 5.97 Å². The van der Waals surface area contributed by atoms with Crippen molar-refractivity contribution in [2.24, 2.45) is 0 Å². The second kappa shape index (κ2) is 5.84. The van der Waals surface area contributed by atoms with Gasteiger partial charge in [-0.1, -0.05) is 0 Å². The van der Waals surface area contributed by atoms with Crippen molar-refractivity contribution in [2.75, 3.05) is 18.2 Å². The van der Waals surface area contributed by atoms with Crippen LogP contribution >= 0.6 is 0 Å². The number of nitrogen functional groups attached to an aromatic ring is 1. The second-order valence-corrected chi connectivity index (χ2v) is 4.26. The molecule has 0 saturated carbocycles. The van der Waals surface area contributed by atoms with Gasteiger partial charge >= 0.3 is 5.97 Å². The first kappa shape index (κ1) is 14.2. The molecule has 0 aliphatic rings. The third-order valence-electron chi connectivity index (χ3n) is 2.90.